The second-order valence-corrected chi connectivity index (χ2v) is 6.09. The number of likely N-dealkylation sites (tertiary alicyclic amines) is 1. The van der Waals surface area contributed by atoms with Crippen molar-refractivity contribution in [2.45, 2.75) is 39.5 Å². The predicted molar refractivity (Wildman–Crippen MR) is 89.6 cm³/mol. The van der Waals surface area contributed by atoms with E-state index in [2.05, 4.69) is 15.3 Å². The van der Waals surface area contributed by atoms with E-state index in [9.17, 15) is 4.79 Å². The Morgan fingerprint density at radius 2 is 2.00 bits per heavy atom. The fourth-order valence-electron chi connectivity index (χ4n) is 2.95. The van der Waals surface area contributed by atoms with Crippen LogP contribution in [0.2, 0.25) is 0 Å². The van der Waals surface area contributed by atoms with Gasteiger partial charge >= 0.3 is 0 Å². The van der Waals surface area contributed by atoms with Crippen LogP contribution in [0, 0.1) is 13.8 Å². The van der Waals surface area contributed by atoms with Crippen LogP contribution in [0.1, 0.15) is 42.6 Å². The molecule has 22 heavy (non-hydrogen) atoms. The number of piperidine rings is 1. The number of hydrogen-bond acceptors (Lipinski definition) is 3. The maximum atomic E-state index is 11.9. The third kappa shape index (κ3) is 4.70. The van der Waals surface area contributed by atoms with Crippen molar-refractivity contribution in [1.82, 2.24) is 20.0 Å². The van der Waals surface area contributed by atoms with Crippen LogP contribution in [-0.4, -0.2) is 46.8 Å². The first-order valence-electron chi connectivity index (χ1n) is 8.26. The van der Waals surface area contributed by atoms with Crippen molar-refractivity contribution >= 4 is 12.0 Å². The molecular formula is C17H28N4O. The summed E-state index contributed by atoms with van der Waals surface area (Å²) in [6.45, 7) is 8.23. The molecule has 1 amide bonds. The van der Waals surface area contributed by atoms with Gasteiger partial charge in [0.2, 0.25) is 5.91 Å². The average molecular weight is 304 g/mol. The molecule has 0 aliphatic carbocycles. The molecule has 1 saturated heterocycles. The summed E-state index contributed by atoms with van der Waals surface area (Å²) in [6, 6.07) is 0. The highest BCUT2D eigenvalue weighted by Gasteiger charge is 2.09. The fourth-order valence-corrected chi connectivity index (χ4v) is 2.95. The van der Waals surface area contributed by atoms with Crippen molar-refractivity contribution in [2.75, 3.05) is 26.2 Å². The smallest absolute Gasteiger partial charge is 0.244 e. The van der Waals surface area contributed by atoms with Crippen molar-refractivity contribution in [3.05, 3.63) is 23.0 Å². The summed E-state index contributed by atoms with van der Waals surface area (Å²) in [5.74, 6) is -0.0266. The van der Waals surface area contributed by atoms with Crippen LogP contribution in [0.15, 0.2) is 6.08 Å². The minimum Gasteiger partial charge on any atom is -0.353 e. The van der Waals surface area contributed by atoms with Crippen molar-refractivity contribution in [1.29, 1.82) is 0 Å². The Kier molecular flexibility index (Phi) is 6.19. The van der Waals surface area contributed by atoms with Gasteiger partial charge in [-0.25, -0.2) is 0 Å². The molecule has 0 unspecified atom stereocenters. The average Bonchev–Trinajstić information content (AvgIpc) is 2.76. The van der Waals surface area contributed by atoms with Crippen LogP contribution in [0.4, 0.5) is 0 Å². The van der Waals surface area contributed by atoms with E-state index in [1.165, 1.54) is 32.4 Å². The van der Waals surface area contributed by atoms with Crippen LogP contribution in [-0.2, 0) is 11.8 Å². The molecule has 5 nitrogen and oxygen atoms in total. The van der Waals surface area contributed by atoms with Gasteiger partial charge in [0.15, 0.2) is 0 Å². The van der Waals surface area contributed by atoms with Gasteiger partial charge < -0.3 is 10.2 Å². The molecule has 0 aromatic carbocycles. The van der Waals surface area contributed by atoms with Gasteiger partial charge in [0.25, 0.3) is 0 Å². The number of amides is 1. The number of carbonyl (C=O) groups is 1. The maximum Gasteiger partial charge on any atom is 0.244 e. The Bertz CT molecular complexity index is 527. The molecule has 0 radical (unpaired) electrons. The van der Waals surface area contributed by atoms with Crippen LogP contribution < -0.4 is 5.32 Å². The van der Waals surface area contributed by atoms with E-state index in [1.807, 2.05) is 31.7 Å². The molecule has 5 heteroatoms. The summed E-state index contributed by atoms with van der Waals surface area (Å²) in [4.78, 5) is 14.4. The lowest BCUT2D eigenvalue weighted by molar-refractivity contribution is -0.116. The van der Waals surface area contributed by atoms with Gasteiger partial charge in [-0.3, -0.25) is 9.48 Å². The lowest BCUT2D eigenvalue weighted by Crippen LogP contribution is -2.33. The SMILES string of the molecule is Cc1nn(C)c(C)c1/C=C/C(=O)NCCCN1CCCCC1. The molecule has 0 bridgehead atoms. The van der Waals surface area contributed by atoms with Crippen molar-refractivity contribution in [3.8, 4) is 0 Å². The highest BCUT2D eigenvalue weighted by Crippen LogP contribution is 2.13. The Labute approximate surface area is 133 Å². The number of aromatic nitrogens is 2. The molecule has 1 aromatic heterocycles. The minimum absolute atomic E-state index is 0.0266. The van der Waals surface area contributed by atoms with E-state index >= 15 is 0 Å². The normalized spacial score (nSPS) is 16.3. The van der Waals surface area contributed by atoms with Gasteiger partial charge in [-0.05, 0) is 58.8 Å². The number of nitrogens with one attached hydrogen (secondary N) is 1. The molecule has 122 valence electrons. The van der Waals surface area contributed by atoms with Gasteiger partial charge in [0.05, 0.1) is 5.69 Å². The van der Waals surface area contributed by atoms with E-state index in [0.717, 1.165) is 36.5 Å². The number of hydrogen-bond donors (Lipinski definition) is 1. The van der Waals surface area contributed by atoms with E-state index in [0.29, 0.717) is 0 Å². The molecule has 1 aliphatic heterocycles. The van der Waals surface area contributed by atoms with Gasteiger partial charge in [-0.2, -0.15) is 5.10 Å². The highest BCUT2D eigenvalue weighted by molar-refractivity contribution is 5.91. The van der Waals surface area contributed by atoms with Crippen LogP contribution in [0.5, 0.6) is 0 Å². The lowest BCUT2D eigenvalue weighted by Gasteiger charge is -2.26. The zero-order valence-electron chi connectivity index (χ0n) is 14.1. The summed E-state index contributed by atoms with van der Waals surface area (Å²) in [6.07, 6.45) is 8.49. The molecule has 2 heterocycles. The van der Waals surface area contributed by atoms with Crippen molar-refractivity contribution in [2.24, 2.45) is 7.05 Å². The zero-order chi connectivity index (χ0) is 15.9. The molecule has 0 spiro atoms. The summed E-state index contributed by atoms with van der Waals surface area (Å²) < 4.78 is 1.84. The molecule has 1 fully saturated rings. The standard InChI is InChI=1S/C17H28N4O/c1-14-16(15(2)20(3)19-14)8-9-17(22)18-10-7-13-21-11-5-4-6-12-21/h8-9H,4-7,10-13H2,1-3H3,(H,18,22)/b9-8+. The molecule has 1 N–H and O–H groups in total. The van der Waals surface area contributed by atoms with Crippen LogP contribution >= 0.6 is 0 Å². The molecule has 1 aromatic rings. The van der Waals surface area contributed by atoms with E-state index in [4.69, 9.17) is 0 Å². The summed E-state index contributed by atoms with van der Waals surface area (Å²) in [5.41, 5.74) is 3.06. The predicted octanol–water partition coefficient (Wildman–Crippen LogP) is 2.04. The fraction of sp³-hybridized carbons (Fsp3) is 0.647. The largest absolute Gasteiger partial charge is 0.353 e. The number of rotatable bonds is 6. The van der Waals surface area contributed by atoms with E-state index in [-0.39, 0.29) is 5.91 Å². The third-order valence-corrected chi connectivity index (χ3v) is 4.37. The number of carbonyl (C=O) groups excluding carboxylic acids is 1. The van der Waals surface area contributed by atoms with Gasteiger partial charge in [-0.15, -0.1) is 0 Å². The summed E-state index contributed by atoms with van der Waals surface area (Å²) in [5, 5.41) is 7.30. The molecule has 0 saturated carbocycles. The summed E-state index contributed by atoms with van der Waals surface area (Å²) in [7, 11) is 1.92. The maximum absolute atomic E-state index is 11.9. The van der Waals surface area contributed by atoms with Crippen molar-refractivity contribution < 1.29 is 4.79 Å². The van der Waals surface area contributed by atoms with Crippen LogP contribution in [0.25, 0.3) is 6.08 Å². The van der Waals surface area contributed by atoms with Crippen molar-refractivity contribution in [3.63, 3.8) is 0 Å². The summed E-state index contributed by atoms with van der Waals surface area (Å²) >= 11 is 0. The zero-order valence-corrected chi connectivity index (χ0v) is 14.1. The second-order valence-electron chi connectivity index (χ2n) is 6.09. The van der Waals surface area contributed by atoms with Gasteiger partial charge in [0.1, 0.15) is 0 Å². The Hall–Kier alpha value is -1.62. The topological polar surface area (TPSA) is 50.2 Å². The van der Waals surface area contributed by atoms with E-state index in [1.54, 1.807) is 6.08 Å². The monoisotopic (exact) mass is 304 g/mol. The van der Waals surface area contributed by atoms with E-state index < -0.39 is 0 Å². The molecule has 2 rings (SSSR count). The second kappa shape index (κ2) is 8.13. The highest BCUT2D eigenvalue weighted by atomic mass is 16.1. The van der Waals surface area contributed by atoms with Gasteiger partial charge in [-0.1, -0.05) is 6.42 Å². The van der Waals surface area contributed by atoms with Crippen LogP contribution in [0.3, 0.4) is 0 Å². The first-order valence-corrected chi connectivity index (χ1v) is 8.26. The quantitative estimate of drug-likeness (QED) is 0.646. The minimum atomic E-state index is -0.0266. The molecular weight excluding hydrogens is 276 g/mol. The third-order valence-electron chi connectivity index (χ3n) is 4.37. The molecule has 1 aliphatic rings. The molecule has 0 atom stereocenters. The first-order chi connectivity index (χ1) is 10.6. The van der Waals surface area contributed by atoms with Gasteiger partial charge in [0, 0.05) is 30.9 Å². The Balaban J connectivity index is 1.70. The Morgan fingerprint density at radius 1 is 1.27 bits per heavy atom. The Morgan fingerprint density at radius 3 is 2.64 bits per heavy atom. The first kappa shape index (κ1) is 16.7. The lowest BCUT2D eigenvalue weighted by atomic mass is 10.1. The number of aryl methyl sites for hydroxylation is 2. The number of nitrogens with zero attached hydrogens (tertiary/aromatic N) is 3.